The predicted octanol–water partition coefficient (Wildman–Crippen LogP) is 3.27. The van der Waals surface area contributed by atoms with Gasteiger partial charge >= 0.3 is 0 Å². The Morgan fingerprint density at radius 2 is 2.29 bits per heavy atom. The largest absolute Gasteiger partial charge is 0.484 e. The molecule has 21 heavy (non-hydrogen) atoms. The summed E-state index contributed by atoms with van der Waals surface area (Å²) in [4.78, 5) is 4.32. The van der Waals surface area contributed by atoms with Crippen LogP contribution < -0.4 is 14.8 Å². The first-order valence-electron chi connectivity index (χ1n) is 8.16. The fourth-order valence-electron chi connectivity index (χ4n) is 2.69. The van der Waals surface area contributed by atoms with Gasteiger partial charge in [-0.15, -0.1) is 0 Å². The quantitative estimate of drug-likeness (QED) is 0.837. The van der Waals surface area contributed by atoms with Crippen LogP contribution in [0.3, 0.4) is 0 Å². The maximum atomic E-state index is 6.24. The molecule has 1 fully saturated rings. The summed E-state index contributed by atoms with van der Waals surface area (Å²) in [5.74, 6) is 2.44. The molecule has 0 radical (unpaired) electrons. The number of nitrogens with one attached hydrogen (secondary N) is 1. The predicted molar refractivity (Wildman–Crippen MR) is 84.9 cm³/mol. The number of hydrogen-bond donors (Lipinski definition) is 1. The van der Waals surface area contributed by atoms with E-state index in [1.54, 1.807) is 6.20 Å². The van der Waals surface area contributed by atoms with E-state index < -0.39 is 0 Å². The van der Waals surface area contributed by atoms with Crippen molar-refractivity contribution in [1.29, 1.82) is 0 Å². The molecule has 1 aliphatic rings. The van der Waals surface area contributed by atoms with Crippen LogP contribution in [0.15, 0.2) is 18.3 Å². The van der Waals surface area contributed by atoms with Gasteiger partial charge in [-0.1, -0.05) is 20.8 Å². The van der Waals surface area contributed by atoms with Crippen molar-refractivity contribution < 1.29 is 9.47 Å². The van der Waals surface area contributed by atoms with Crippen LogP contribution in [0.25, 0.3) is 0 Å². The fourth-order valence-corrected chi connectivity index (χ4v) is 2.69. The van der Waals surface area contributed by atoms with Gasteiger partial charge in [-0.25, -0.2) is 4.98 Å². The van der Waals surface area contributed by atoms with Gasteiger partial charge in [0.25, 0.3) is 5.88 Å². The number of piperidine rings is 1. The summed E-state index contributed by atoms with van der Waals surface area (Å²) < 4.78 is 12.0. The van der Waals surface area contributed by atoms with E-state index in [-0.39, 0.29) is 6.10 Å². The van der Waals surface area contributed by atoms with Crippen LogP contribution in [0, 0.1) is 11.8 Å². The zero-order chi connectivity index (χ0) is 15.1. The highest BCUT2D eigenvalue weighted by molar-refractivity contribution is 5.32. The van der Waals surface area contributed by atoms with Crippen LogP contribution in [-0.4, -0.2) is 30.8 Å². The Morgan fingerprint density at radius 3 is 2.95 bits per heavy atom. The van der Waals surface area contributed by atoms with Gasteiger partial charge in [0.05, 0.1) is 6.61 Å². The van der Waals surface area contributed by atoms with E-state index in [4.69, 9.17) is 9.47 Å². The minimum absolute atomic E-state index is 0.225. The van der Waals surface area contributed by atoms with E-state index in [0.717, 1.165) is 25.3 Å². The van der Waals surface area contributed by atoms with Crippen molar-refractivity contribution in [2.24, 2.45) is 11.8 Å². The zero-order valence-corrected chi connectivity index (χ0v) is 13.5. The van der Waals surface area contributed by atoms with Gasteiger partial charge in [0.1, 0.15) is 6.10 Å². The Labute approximate surface area is 128 Å². The lowest BCUT2D eigenvalue weighted by atomic mass is 9.92. The van der Waals surface area contributed by atoms with Crippen LogP contribution >= 0.6 is 0 Å². The molecule has 4 heteroatoms. The summed E-state index contributed by atoms with van der Waals surface area (Å²) >= 11 is 0. The molecule has 1 saturated heterocycles. The van der Waals surface area contributed by atoms with E-state index in [9.17, 15) is 0 Å². The summed E-state index contributed by atoms with van der Waals surface area (Å²) in [6, 6.07) is 3.87. The second-order valence-corrected chi connectivity index (χ2v) is 6.18. The van der Waals surface area contributed by atoms with Gasteiger partial charge in [0.2, 0.25) is 0 Å². The smallest absolute Gasteiger partial charge is 0.257 e. The van der Waals surface area contributed by atoms with Gasteiger partial charge < -0.3 is 14.8 Å². The highest BCUT2D eigenvalue weighted by Crippen LogP contribution is 2.29. The average Bonchev–Trinajstić information content (AvgIpc) is 2.52. The molecular formula is C17H28N2O2. The number of hydrogen-bond acceptors (Lipinski definition) is 4. The summed E-state index contributed by atoms with van der Waals surface area (Å²) in [6.07, 6.45) is 5.45. The summed E-state index contributed by atoms with van der Waals surface area (Å²) in [5, 5.41) is 3.46. The molecule has 0 aromatic carbocycles. The van der Waals surface area contributed by atoms with Crippen LogP contribution in [0.4, 0.5) is 0 Å². The number of aromatic nitrogens is 1. The van der Waals surface area contributed by atoms with Crippen molar-refractivity contribution in [3.8, 4) is 11.6 Å². The number of rotatable bonds is 7. The van der Waals surface area contributed by atoms with Crippen LogP contribution in [0.2, 0.25) is 0 Å². The van der Waals surface area contributed by atoms with Crippen molar-refractivity contribution in [2.75, 3.05) is 19.7 Å². The minimum Gasteiger partial charge on any atom is -0.484 e. The lowest BCUT2D eigenvalue weighted by Crippen LogP contribution is -2.39. The van der Waals surface area contributed by atoms with Gasteiger partial charge in [-0.05, 0) is 43.9 Å². The molecule has 0 bridgehead atoms. The highest BCUT2D eigenvalue weighted by atomic mass is 16.5. The Kier molecular flexibility index (Phi) is 6.30. The number of ether oxygens (including phenoxy) is 2. The van der Waals surface area contributed by atoms with E-state index in [2.05, 4.69) is 31.1 Å². The molecule has 1 N–H and O–H groups in total. The van der Waals surface area contributed by atoms with E-state index in [1.165, 1.54) is 12.8 Å². The van der Waals surface area contributed by atoms with Gasteiger partial charge in [0.15, 0.2) is 5.75 Å². The Morgan fingerprint density at radius 1 is 1.43 bits per heavy atom. The average molecular weight is 292 g/mol. The molecule has 118 valence electrons. The van der Waals surface area contributed by atoms with Crippen molar-refractivity contribution >= 4 is 0 Å². The Hall–Kier alpha value is -1.29. The first kappa shape index (κ1) is 16.1. The van der Waals surface area contributed by atoms with E-state index in [0.29, 0.717) is 24.3 Å². The lowest BCUT2D eigenvalue weighted by molar-refractivity contribution is 0.104. The topological polar surface area (TPSA) is 43.4 Å². The second kappa shape index (κ2) is 8.23. The van der Waals surface area contributed by atoms with Crippen molar-refractivity contribution in [3.05, 3.63) is 18.3 Å². The van der Waals surface area contributed by atoms with Gasteiger partial charge in [-0.3, -0.25) is 0 Å². The monoisotopic (exact) mass is 292 g/mol. The third kappa shape index (κ3) is 4.88. The molecule has 2 heterocycles. The molecule has 0 aliphatic carbocycles. The standard InChI is InChI=1S/C17H28N2O2/c1-4-15(14-7-5-9-18-11-14)21-16-8-6-10-19-17(16)20-12-13(2)3/h6,8,10,13-15,18H,4-5,7,9,11-12H2,1-3H3. The molecule has 1 aromatic rings. The Bertz CT molecular complexity index is 417. The molecule has 4 nitrogen and oxygen atoms in total. The molecule has 2 rings (SSSR count). The first-order chi connectivity index (χ1) is 10.2. The SMILES string of the molecule is CCC(Oc1cccnc1OCC(C)C)C1CCCNC1. The lowest BCUT2D eigenvalue weighted by Gasteiger charge is -2.30. The molecule has 1 aromatic heterocycles. The zero-order valence-electron chi connectivity index (χ0n) is 13.5. The molecule has 1 aliphatic heterocycles. The second-order valence-electron chi connectivity index (χ2n) is 6.18. The first-order valence-corrected chi connectivity index (χ1v) is 8.16. The number of pyridine rings is 1. The minimum atomic E-state index is 0.225. The molecule has 2 unspecified atom stereocenters. The van der Waals surface area contributed by atoms with Crippen LogP contribution in [0.1, 0.15) is 40.0 Å². The summed E-state index contributed by atoms with van der Waals surface area (Å²) in [7, 11) is 0. The molecule has 2 atom stereocenters. The Balaban J connectivity index is 2.02. The van der Waals surface area contributed by atoms with E-state index >= 15 is 0 Å². The maximum Gasteiger partial charge on any atom is 0.257 e. The van der Waals surface area contributed by atoms with Gasteiger partial charge in [-0.2, -0.15) is 0 Å². The number of nitrogens with zero attached hydrogens (tertiary/aromatic N) is 1. The van der Waals surface area contributed by atoms with Gasteiger partial charge in [0, 0.05) is 18.7 Å². The maximum absolute atomic E-state index is 6.24. The van der Waals surface area contributed by atoms with Crippen LogP contribution in [-0.2, 0) is 0 Å². The molecule has 0 amide bonds. The van der Waals surface area contributed by atoms with Crippen molar-refractivity contribution in [1.82, 2.24) is 10.3 Å². The third-order valence-electron chi connectivity index (χ3n) is 3.83. The van der Waals surface area contributed by atoms with Crippen molar-refractivity contribution in [2.45, 2.75) is 46.1 Å². The van der Waals surface area contributed by atoms with Crippen molar-refractivity contribution in [3.63, 3.8) is 0 Å². The summed E-state index contributed by atoms with van der Waals surface area (Å²) in [5.41, 5.74) is 0. The molecular weight excluding hydrogens is 264 g/mol. The summed E-state index contributed by atoms with van der Waals surface area (Å²) in [6.45, 7) is 9.28. The van der Waals surface area contributed by atoms with Crippen LogP contribution in [0.5, 0.6) is 11.6 Å². The highest BCUT2D eigenvalue weighted by Gasteiger charge is 2.24. The fraction of sp³-hybridized carbons (Fsp3) is 0.706. The third-order valence-corrected chi connectivity index (χ3v) is 3.83. The van der Waals surface area contributed by atoms with E-state index in [1.807, 2.05) is 12.1 Å². The normalized spacial score (nSPS) is 20.3. The molecule has 0 spiro atoms. The molecule has 0 saturated carbocycles.